The number of thiocarbonyl (C=S) groups is 1. The monoisotopic (exact) mass is 264 g/mol. The summed E-state index contributed by atoms with van der Waals surface area (Å²) in [6.07, 6.45) is 0.764. The first kappa shape index (κ1) is 13.3. The van der Waals surface area contributed by atoms with E-state index in [1.807, 2.05) is 6.07 Å². The van der Waals surface area contributed by atoms with E-state index in [9.17, 15) is 0 Å². The van der Waals surface area contributed by atoms with Crippen LogP contribution in [0.2, 0.25) is 0 Å². The Morgan fingerprint density at radius 3 is 2.83 bits per heavy atom. The third kappa shape index (κ3) is 2.82. The molecule has 0 aromatic heterocycles. The summed E-state index contributed by atoms with van der Waals surface area (Å²) in [5.74, 6) is 0.429. The van der Waals surface area contributed by atoms with Crippen LogP contribution in [-0.4, -0.2) is 40.9 Å². The fraction of sp³-hybridized carbons (Fsp3) is 0.500. The number of hydrogen-bond donors (Lipinski definition) is 2. The predicted molar refractivity (Wildman–Crippen MR) is 77.7 cm³/mol. The standard InChI is InChI=1S/C14H20N2OS/c1-11(12-6-3-2-4-7-12)13-10-15-14(18)16(13)8-5-9-17/h2-4,6-7,11,13,17H,5,8-10H2,1H3,(H,15,18). The molecular formula is C14H20N2OS. The summed E-state index contributed by atoms with van der Waals surface area (Å²) < 4.78 is 0. The minimum atomic E-state index is 0.214. The summed E-state index contributed by atoms with van der Waals surface area (Å²) in [4.78, 5) is 2.21. The summed E-state index contributed by atoms with van der Waals surface area (Å²) in [6.45, 7) is 4.16. The van der Waals surface area contributed by atoms with Crippen LogP contribution >= 0.6 is 12.2 Å². The van der Waals surface area contributed by atoms with E-state index in [2.05, 4.69) is 41.4 Å². The molecule has 2 unspecified atom stereocenters. The highest BCUT2D eigenvalue weighted by molar-refractivity contribution is 7.80. The van der Waals surface area contributed by atoms with Crippen molar-refractivity contribution < 1.29 is 5.11 Å². The quantitative estimate of drug-likeness (QED) is 0.794. The first-order valence-corrected chi connectivity index (χ1v) is 6.85. The molecule has 2 atom stereocenters. The summed E-state index contributed by atoms with van der Waals surface area (Å²) >= 11 is 5.33. The van der Waals surface area contributed by atoms with E-state index in [1.165, 1.54) is 5.56 Å². The molecule has 1 aliphatic rings. The van der Waals surface area contributed by atoms with Gasteiger partial charge in [-0.1, -0.05) is 37.3 Å². The zero-order valence-corrected chi connectivity index (χ0v) is 11.5. The molecule has 0 aliphatic carbocycles. The lowest BCUT2D eigenvalue weighted by Gasteiger charge is -2.29. The Labute approximate surface area is 114 Å². The number of aliphatic hydroxyl groups excluding tert-OH is 1. The second-order valence-electron chi connectivity index (χ2n) is 4.72. The topological polar surface area (TPSA) is 35.5 Å². The van der Waals surface area contributed by atoms with Gasteiger partial charge in [0.2, 0.25) is 0 Å². The Bertz CT molecular complexity index is 396. The lowest BCUT2D eigenvalue weighted by Crippen LogP contribution is -2.38. The Morgan fingerprint density at radius 1 is 1.44 bits per heavy atom. The normalized spacial score (nSPS) is 20.9. The van der Waals surface area contributed by atoms with Crippen LogP contribution in [0.1, 0.15) is 24.8 Å². The number of rotatable bonds is 5. The van der Waals surface area contributed by atoms with Crippen molar-refractivity contribution in [3.63, 3.8) is 0 Å². The number of aliphatic hydroxyl groups is 1. The fourth-order valence-electron chi connectivity index (χ4n) is 2.49. The van der Waals surface area contributed by atoms with Gasteiger partial charge in [0, 0.05) is 25.6 Å². The van der Waals surface area contributed by atoms with E-state index in [0.717, 1.165) is 24.6 Å². The van der Waals surface area contributed by atoms with Crippen LogP contribution in [-0.2, 0) is 0 Å². The molecule has 1 aromatic carbocycles. The molecule has 1 heterocycles. The van der Waals surface area contributed by atoms with Gasteiger partial charge in [0.15, 0.2) is 5.11 Å². The van der Waals surface area contributed by atoms with Crippen molar-refractivity contribution in [1.29, 1.82) is 0 Å². The molecule has 1 saturated heterocycles. The third-order valence-corrected chi connectivity index (χ3v) is 3.96. The van der Waals surface area contributed by atoms with Crippen LogP contribution in [0, 0.1) is 0 Å². The van der Waals surface area contributed by atoms with Gasteiger partial charge in [0.25, 0.3) is 0 Å². The second-order valence-corrected chi connectivity index (χ2v) is 5.11. The molecule has 18 heavy (non-hydrogen) atoms. The second kappa shape index (κ2) is 6.16. The Kier molecular flexibility index (Phi) is 4.55. The van der Waals surface area contributed by atoms with Crippen molar-refractivity contribution in [2.45, 2.75) is 25.3 Å². The van der Waals surface area contributed by atoms with Crippen LogP contribution in [0.4, 0.5) is 0 Å². The maximum Gasteiger partial charge on any atom is 0.169 e. The number of nitrogens with one attached hydrogen (secondary N) is 1. The lowest BCUT2D eigenvalue weighted by atomic mass is 9.93. The molecule has 0 spiro atoms. The average Bonchev–Trinajstić information content (AvgIpc) is 2.78. The molecule has 2 N–H and O–H groups in total. The molecule has 4 heteroatoms. The molecule has 3 nitrogen and oxygen atoms in total. The molecule has 0 radical (unpaired) electrons. The van der Waals surface area contributed by atoms with Crippen molar-refractivity contribution >= 4 is 17.3 Å². The summed E-state index contributed by atoms with van der Waals surface area (Å²) in [5, 5.41) is 13.0. The average molecular weight is 264 g/mol. The molecule has 1 fully saturated rings. The van der Waals surface area contributed by atoms with Crippen molar-refractivity contribution in [3.05, 3.63) is 35.9 Å². The molecule has 0 amide bonds. The largest absolute Gasteiger partial charge is 0.396 e. The van der Waals surface area contributed by atoms with E-state index in [4.69, 9.17) is 17.3 Å². The van der Waals surface area contributed by atoms with Gasteiger partial charge in [0.05, 0.1) is 6.04 Å². The molecule has 1 aliphatic heterocycles. The van der Waals surface area contributed by atoms with Gasteiger partial charge in [-0.15, -0.1) is 0 Å². The van der Waals surface area contributed by atoms with Crippen molar-refractivity contribution in [2.75, 3.05) is 19.7 Å². The highest BCUT2D eigenvalue weighted by Crippen LogP contribution is 2.25. The highest BCUT2D eigenvalue weighted by atomic mass is 32.1. The van der Waals surface area contributed by atoms with Gasteiger partial charge in [0.1, 0.15) is 0 Å². The molecule has 1 aromatic rings. The van der Waals surface area contributed by atoms with E-state index in [0.29, 0.717) is 12.0 Å². The van der Waals surface area contributed by atoms with Crippen LogP contribution in [0.5, 0.6) is 0 Å². The lowest BCUT2D eigenvalue weighted by molar-refractivity contribution is 0.247. The van der Waals surface area contributed by atoms with E-state index >= 15 is 0 Å². The van der Waals surface area contributed by atoms with E-state index < -0.39 is 0 Å². The van der Waals surface area contributed by atoms with Crippen LogP contribution in [0.3, 0.4) is 0 Å². The molecule has 98 valence electrons. The fourth-order valence-corrected chi connectivity index (χ4v) is 2.80. The molecule has 2 rings (SSSR count). The Balaban J connectivity index is 2.09. The van der Waals surface area contributed by atoms with Gasteiger partial charge in [-0.3, -0.25) is 0 Å². The highest BCUT2D eigenvalue weighted by Gasteiger charge is 2.32. The maximum atomic E-state index is 8.96. The Hall–Kier alpha value is -1.13. The smallest absolute Gasteiger partial charge is 0.169 e. The van der Waals surface area contributed by atoms with Crippen molar-refractivity contribution in [1.82, 2.24) is 10.2 Å². The van der Waals surface area contributed by atoms with Gasteiger partial charge in [-0.2, -0.15) is 0 Å². The third-order valence-electron chi connectivity index (χ3n) is 3.58. The van der Waals surface area contributed by atoms with Crippen LogP contribution in [0.25, 0.3) is 0 Å². The number of benzene rings is 1. The van der Waals surface area contributed by atoms with E-state index in [-0.39, 0.29) is 6.61 Å². The summed E-state index contributed by atoms with van der Waals surface area (Å²) in [5.41, 5.74) is 1.34. The zero-order chi connectivity index (χ0) is 13.0. The Morgan fingerprint density at radius 2 is 2.17 bits per heavy atom. The predicted octanol–water partition coefficient (Wildman–Crippen LogP) is 1.73. The summed E-state index contributed by atoms with van der Waals surface area (Å²) in [6, 6.07) is 10.9. The zero-order valence-electron chi connectivity index (χ0n) is 10.7. The first-order chi connectivity index (χ1) is 8.74. The molecule has 0 saturated carbocycles. The van der Waals surface area contributed by atoms with Crippen LogP contribution < -0.4 is 5.32 Å². The van der Waals surface area contributed by atoms with Gasteiger partial charge in [-0.05, 0) is 24.2 Å². The van der Waals surface area contributed by atoms with E-state index in [1.54, 1.807) is 0 Å². The minimum Gasteiger partial charge on any atom is -0.396 e. The van der Waals surface area contributed by atoms with Gasteiger partial charge >= 0.3 is 0 Å². The number of hydrogen-bond acceptors (Lipinski definition) is 2. The molecule has 0 bridgehead atoms. The van der Waals surface area contributed by atoms with Gasteiger partial charge < -0.3 is 15.3 Å². The van der Waals surface area contributed by atoms with Crippen molar-refractivity contribution in [3.8, 4) is 0 Å². The summed E-state index contributed by atoms with van der Waals surface area (Å²) in [7, 11) is 0. The van der Waals surface area contributed by atoms with Gasteiger partial charge in [-0.25, -0.2) is 0 Å². The maximum absolute atomic E-state index is 8.96. The van der Waals surface area contributed by atoms with Crippen molar-refractivity contribution in [2.24, 2.45) is 0 Å². The SMILES string of the molecule is CC(c1ccccc1)C1CNC(=S)N1CCCO. The minimum absolute atomic E-state index is 0.214. The molecular weight excluding hydrogens is 244 g/mol. The van der Waals surface area contributed by atoms with Crippen LogP contribution in [0.15, 0.2) is 30.3 Å². The number of nitrogens with zero attached hydrogens (tertiary/aromatic N) is 1. The first-order valence-electron chi connectivity index (χ1n) is 6.44.